The first-order valence-electron chi connectivity index (χ1n) is 10.6. The van der Waals surface area contributed by atoms with Gasteiger partial charge >= 0.3 is 21.1 Å². The molecule has 2 heterocycles. The van der Waals surface area contributed by atoms with Crippen molar-refractivity contribution in [3.63, 3.8) is 0 Å². The molecule has 172 valence electrons. The molecule has 5 heteroatoms. The number of pyridine rings is 2. The van der Waals surface area contributed by atoms with Crippen molar-refractivity contribution in [2.45, 2.75) is 26.8 Å². The van der Waals surface area contributed by atoms with E-state index in [4.69, 9.17) is 5.73 Å². The van der Waals surface area contributed by atoms with Crippen molar-refractivity contribution in [1.29, 1.82) is 0 Å². The maximum absolute atomic E-state index is 7.71. The molecule has 0 saturated heterocycles. The minimum atomic E-state index is 0. The summed E-state index contributed by atoms with van der Waals surface area (Å²) in [4.78, 5) is 8.37. The van der Waals surface area contributed by atoms with Crippen LogP contribution in [0, 0.1) is 0 Å². The number of rotatable bonds is 2. The number of nitrogens with zero attached hydrogens (tertiary/aromatic N) is 2. The van der Waals surface area contributed by atoms with Gasteiger partial charge in [-0.05, 0) is 51.9 Å². The molecule has 3 N–H and O–H groups in total. The Morgan fingerprint density at radius 3 is 1.39 bits per heavy atom. The van der Waals surface area contributed by atoms with Gasteiger partial charge in [0, 0.05) is 12.4 Å². The molecule has 5 aromatic rings. The molecule has 0 spiro atoms. The number of nitrogens with two attached hydrogens (primary N) is 1. The van der Waals surface area contributed by atoms with Gasteiger partial charge in [0.2, 0.25) is 0 Å². The Bertz CT molecular complexity index is 1120. The third kappa shape index (κ3) is 7.57. The Kier molecular flexibility index (Phi) is 12.8. The Balaban J connectivity index is 0.000000288. The van der Waals surface area contributed by atoms with Gasteiger partial charge in [-0.3, -0.25) is 9.97 Å². The van der Waals surface area contributed by atoms with Crippen molar-refractivity contribution < 1.29 is 21.1 Å². The second-order valence-electron chi connectivity index (χ2n) is 7.11. The first-order valence-corrected chi connectivity index (χ1v) is 10.6. The van der Waals surface area contributed by atoms with Crippen LogP contribution >= 0.6 is 0 Å². The summed E-state index contributed by atoms with van der Waals surface area (Å²) in [7, 11) is 0. The molecule has 0 saturated carbocycles. The summed E-state index contributed by atoms with van der Waals surface area (Å²) in [5, 5.41) is 4.86. The molecule has 0 aliphatic carbocycles. The minimum absolute atomic E-state index is 0. The van der Waals surface area contributed by atoms with E-state index in [1.807, 2.05) is 60.7 Å². The molecule has 0 amide bonds. The van der Waals surface area contributed by atoms with Crippen molar-refractivity contribution in [3.8, 4) is 11.4 Å². The maximum atomic E-state index is 7.71. The molecule has 4 nitrogen and oxygen atoms in total. The van der Waals surface area contributed by atoms with Crippen LogP contribution in [0.15, 0.2) is 103 Å². The zero-order valence-electron chi connectivity index (χ0n) is 19.0. The molecule has 0 aliphatic rings. The fourth-order valence-corrected chi connectivity index (χ4v) is 3.33. The van der Waals surface area contributed by atoms with Crippen molar-refractivity contribution >= 4 is 21.5 Å². The van der Waals surface area contributed by atoms with Crippen LogP contribution in [0.5, 0.6) is 0 Å². The number of nitrogens with one attached hydrogen (secondary N) is 1. The van der Waals surface area contributed by atoms with Crippen LogP contribution in [0.3, 0.4) is 0 Å². The molecule has 0 atom stereocenters. The van der Waals surface area contributed by atoms with Crippen molar-refractivity contribution in [3.05, 3.63) is 121 Å². The summed E-state index contributed by atoms with van der Waals surface area (Å²) in [6.07, 6.45) is 4.79. The smallest absolute Gasteiger partial charge is 0.693 e. The normalized spacial score (nSPS) is 9.42. The van der Waals surface area contributed by atoms with Gasteiger partial charge in [0.05, 0.1) is 11.4 Å². The van der Waals surface area contributed by atoms with E-state index in [9.17, 15) is 0 Å². The second kappa shape index (κ2) is 15.0. The van der Waals surface area contributed by atoms with E-state index in [1.54, 1.807) is 12.4 Å². The Morgan fingerprint density at radius 1 is 0.636 bits per heavy atom. The van der Waals surface area contributed by atoms with Gasteiger partial charge < -0.3 is 11.9 Å². The fourth-order valence-electron chi connectivity index (χ4n) is 3.33. The first kappa shape index (κ1) is 28.1. The summed E-state index contributed by atoms with van der Waals surface area (Å²) in [6.45, 7) is 4.59. The number of fused-ring (bicyclic) bond motifs is 2. The predicted octanol–water partition coefficient (Wildman–Crippen LogP) is 8.82. The largest absolute Gasteiger partial charge is 2.00 e. The Labute approximate surface area is 211 Å². The predicted molar refractivity (Wildman–Crippen MR) is 138 cm³/mol. The zero-order chi connectivity index (χ0) is 21.9. The fraction of sp³-hybridized carbons (Fsp3) is 0.143. The molecule has 0 unspecified atom stereocenters. The second-order valence-corrected chi connectivity index (χ2v) is 7.11. The van der Waals surface area contributed by atoms with Gasteiger partial charge in [-0.2, -0.15) is 0 Å². The van der Waals surface area contributed by atoms with E-state index in [0.717, 1.165) is 17.0 Å². The van der Waals surface area contributed by atoms with Crippen molar-refractivity contribution in [1.82, 2.24) is 9.97 Å². The molecule has 3 aromatic carbocycles. The Hall–Kier alpha value is -2.91. The molecular weight excluding hydrogens is 587 g/mol. The van der Waals surface area contributed by atoms with E-state index in [-0.39, 0.29) is 27.2 Å². The number of hydrogen-bond donors (Lipinski definition) is 0. The quantitative estimate of drug-likeness (QED) is 0.186. The van der Waals surface area contributed by atoms with Gasteiger partial charge in [-0.15, -0.1) is 6.54 Å². The molecule has 0 radical (unpaired) electrons. The van der Waals surface area contributed by atoms with Crippen LogP contribution in [0.1, 0.15) is 25.8 Å². The average molecular weight is 618 g/mol. The molecule has 0 aliphatic heterocycles. The van der Waals surface area contributed by atoms with E-state index in [0.29, 0.717) is 6.54 Å². The third-order valence-corrected chi connectivity index (χ3v) is 4.65. The molecule has 5 rings (SSSR count). The monoisotopic (exact) mass is 617 g/mol. The van der Waals surface area contributed by atoms with Gasteiger partial charge in [-0.1, -0.05) is 86.5 Å². The minimum Gasteiger partial charge on any atom is -0.693 e. The topological polar surface area (TPSA) is 83.1 Å². The van der Waals surface area contributed by atoms with E-state index in [2.05, 4.69) is 54.1 Å². The maximum Gasteiger partial charge on any atom is 2.00 e. The molecule has 0 bridgehead atoms. The van der Waals surface area contributed by atoms with Crippen LogP contribution in [0.4, 0.5) is 0 Å². The zero-order valence-corrected chi connectivity index (χ0v) is 21.3. The van der Waals surface area contributed by atoms with Crippen LogP contribution in [-0.4, -0.2) is 9.97 Å². The van der Waals surface area contributed by atoms with Gasteiger partial charge in [-0.25, -0.2) is 0 Å². The van der Waals surface area contributed by atoms with Crippen LogP contribution < -0.4 is 0 Å². The summed E-state index contributed by atoms with van der Waals surface area (Å²) >= 11 is 0. The first-order chi connectivity index (χ1) is 15.3. The van der Waals surface area contributed by atoms with Crippen LogP contribution in [0.2, 0.25) is 0 Å². The third-order valence-electron chi connectivity index (χ3n) is 4.65. The SMILES string of the molecule is CCC.[NH-]Cc1c2ccccc2cc2ccccc12.[NH2-].[Pt+2].c1ccc(-c2ccccn2)nc1. The van der Waals surface area contributed by atoms with Crippen LogP contribution in [-0.2, 0) is 27.6 Å². The van der Waals surface area contributed by atoms with Crippen LogP contribution in [0.25, 0.3) is 44.8 Å². The van der Waals surface area contributed by atoms with Gasteiger partial charge in [0.15, 0.2) is 0 Å². The number of aromatic nitrogens is 2. The summed E-state index contributed by atoms with van der Waals surface area (Å²) in [6, 6.07) is 30.4. The van der Waals surface area contributed by atoms with E-state index >= 15 is 0 Å². The molecule has 33 heavy (non-hydrogen) atoms. The standard InChI is InChI=1S/C15H12N.C10H8N2.C3H8.H2N.Pt/c16-10-15-13-7-3-1-5-11(13)9-12-6-2-4-8-14(12)15;1-3-7-11-9(5-1)10-6-2-4-8-12-10;1-3-2;;/h1-9,16H,10H2;1-8H;3H2,1-2H3;1H2;/q-1;;;-1;+2. The molecule has 2 aromatic heterocycles. The number of hydrogen-bond acceptors (Lipinski definition) is 2. The summed E-state index contributed by atoms with van der Waals surface area (Å²) in [5.41, 5.74) is 10.7. The van der Waals surface area contributed by atoms with Crippen molar-refractivity contribution in [2.24, 2.45) is 0 Å². The van der Waals surface area contributed by atoms with Gasteiger partial charge in [0.1, 0.15) is 0 Å². The number of benzene rings is 3. The van der Waals surface area contributed by atoms with E-state index < -0.39 is 0 Å². The average Bonchev–Trinajstić information content (AvgIpc) is 2.84. The van der Waals surface area contributed by atoms with E-state index in [1.165, 1.54) is 28.0 Å². The molecule has 0 fully saturated rings. The Morgan fingerprint density at radius 2 is 1.03 bits per heavy atom. The summed E-state index contributed by atoms with van der Waals surface area (Å²) in [5.74, 6) is 0. The molecular formula is C28H30N4Pt. The van der Waals surface area contributed by atoms with Gasteiger partial charge in [0.25, 0.3) is 0 Å². The summed E-state index contributed by atoms with van der Waals surface area (Å²) < 4.78 is 0. The van der Waals surface area contributed by atoms with Crippen molar-refractivity contribution in [2.75, 3.05) is 0 Å².